The summed E-state index contributed by atoms with van der Waals surface area (Å²) in [5.41, 5.74) is 2.16. The van der Waals surface area contributed by atoms with Crippen molar-refractivity contribution in [2.24, 2.45) is 5.41 Å². The van der Waals surface area contributed by atoms with Gasteiger partial charge in [-0.25, -0.2) is 4.79 Å². The molecular weight excluding hydrogens is 408 g/mol. The number of esters is 1. The Morgan fingerprint density at radius 2 is 2.06 bits per heavy atom. The van der Waals surface area contributed by atoms with E-state index in [0.717, 1.165) is 49.7 Å². The highest BCUT2D eigenvalue weighted by molar-refractivity contribution is 5.96. The van der Waals surface area contributed by atoms with Gasteiger partial charge in [-0.05, 0) is 37.3 Å². The minimum atomic E-state index is -0.811. The molecule has 1 aromatic carbocycles. The molecule has 1 N–H and O–H groups in total. The Labute approximate surface area is 190 Å². The molecule has 3 unspecified atom stereocenters. The summed E-state index contributed by atoms with van der Waals surface area (Å²) in [7, 11) is 1.33. The first-order chi connectivity index (χ1) is 15.5. The number of aromatic hydroxyl groups is 1. The molecule has 6 nitrogen and oxygen atoms in total. The van der Waals surface area contributed by atoms with Gasteiger partial charge in [0.25, 0.3) is 0 Å². The van der Waals surface area contributed by atoms with Crippen LogP contribution >= 0.6 is 0 Å². The van der Waals surface area contributed by atoms with Crippen molar-refractivity contribution in [1.82, 2.24) is 0 Å². The van der Waals surface area contributed by atoms with Gasteiger partial charge in [-0.15, -0.1) is 0 Å². The third kappa shape index (κ3) is 3.79. The fourth-order valence-electron chi connectivity index (χ4n) is 6.46. The largest absolute Gasteiger partial charge is 0.507 e. The van der Waals surface area contributed by atoms with E-state index >= 15 is 0 Å². The first kappa shape index (κ1) is 22.0. The molecule has 3 aliphatic heterocycles. The van der Waals surface area contributed by atoms with E-state index in [1.165, 1.54) is 39.2 Å². The summed E-state index contributed by atoms with van der Waals surface area (Å²) >= 11 is 0. The maximum absolute atomic E-state index is 12.6. The zero-order valence-electron chi connectivity index (χ0n) is 19.4. The first-order valence-corrected chi connectivity index (χ1v) is 12.4. The van der Waals surface area contributed by atoms with E-state index in [9.17, 15) is 9.90 Å². The van der Waals surface area contributed by atoms with Crippen LogP contribution in [0.15, 0.2) is 6.07 Å². The lowest BCUT2D eigenvalue weighted by atomic mass is 9.71. The molecule has 0 amide bonds. The van der Waals surface area contributed by atoms with Gasteiger partial charge >= 0.3 is 5.97 Å². The summed E-state index contributed by atoms with van der Waals surface area (Å²) in [5, 5.41) is 10.8. The zero-order valence-corrected chi connectivity index (χ0v) is 19.4. The number of phenols is 1. The van der Waals surface area contributed by atoms with E-state index in [4.69, 9.17) is 18.9 Å². The van der Waals surface area contributed by atoms with Crippen LogP contribution in [-0.2, 0) is 20.6 Å². The topological polar surface area (TPSA) is 74.2 Å². The Morgan fingerprint density at radius 3 is 2.81 bits per heavy atom. The molecule has 1 aromatic rings. The quantitative estimate of drug-likeness (QED) is 0.471. The van der Waals surface area contributed by atoms with Crippen LogP contribution in [0.5, 0.6) is 11.5 Å². The molecule has 0 aromatic heterocycles. The molecule has 0 bridgehead atoms. The lowest BCUT2D eigenvalue weighted by Gasteiger charge is -2.44. The van der Waals surface area contributed by atoms with Crippen molar-refractivity contribution in [3.63, 3.8) is 0 Å². The van der Waals surface area contributed by atoms with Gasteiger partial charge in [-0.3, -0.25) is 0 Å². The summed E-state index contributed by atoms with van der Waals surface area (Å²) in [6.07, 6.45) is 12.6. The van der Waals surface area contributed by atoms with E-state index in [1.807, 2.05) is 0 Å². The normalized spacial score (nSPS) is 30.2. The fourth-order valence-corrected chi connectivity index (χ4v) is 6.46. The van der Waals surface area contributed by atoms with Crippen molar-refractivity contribution in [3.05, 3.63) is 22.8 Å². The predicted octanol–water partition coefficient (Wildman–Crippen LogP) is 5.59. The first-order valence-electron chi connectivity index (χ1n) is 12.4. The minimum absolute atomic E-state index is 0.0824. The molecule has 2 spiro atoms. The highest BCUT2D eigenvalue weighted by Gasteiger charge is 2.56. The molecule has 3 heterocycles. The van der Waals surface area contributed by atoms with Crippen LogP contribution in [0.1, 0.15) is 105 Å². The molecule has 176 valence electrons. The van der Waals surface area contributed by atoms with E-state index in [-0.39, 0.29) is 28.9 Å². The molecule has 1 saturated carbocycles. The van der Waals surface area contributed by atoms with E-state index in [1.54, 1.807) is 6.07 Å². The Morgan fingerprint density at radius 1 is 1.25 bits per heavy atom. The third-order valence-electron chi connectivity index (χ3n) is 8.01. The van der Waals surface area contributed by atoms with Crippen molar-refractivity contribution in [1.29, 1.82) is 0 Å². The Kier molecular flexibility index (Phi) is 5.87. The van der Waals surface area contributed by atoms with Gasteiger partial charge in [-0.1, -0.05) is 45.4 Å². The van der Waals surface area contributed by atoms with Gasteiger partial charge in [0.2, 0.25) is 5.79 Å². The summed E-state index contributed by atoms with van der Waals surface area (Å²) < 4.78 is 24.6. The molecule has 32 heavy (non-hydrogen) atoms. The Bertz CT molecular complexity index is 874. The van der Waals surface area contributed by atoms with Crippen molar-refractivity contribution in [3.8, 4) is 11.5 Å². The molecule has 4 aliphatic rings. The van der Waals surface area contributed by atoms with Gasteiger partial charge in [0, 0.05) is 23.8 Å². The van der Waals surface area contributed by atoms with Crippen molar-refractivity contribution >= 4 is 5.97 Å². The number of hydrogen-bond donors (Lipinski definition) is 1. The second-order valence-corrected chi connectivity index (χ2v) is 10.4. The molecule has 2 fully saturated rings. The highest BCUT2D eigenvalue weighted by Crippen LogP contribution is 2.58. The Balaban J connectivity index is 1.52. The van der Waals surface area contributed by atoms with Crippen LogP contribution in [0, 0.1) is 5.41 Å². The number of ether oxygens (including phenoxy) is 4. The van der Waals surface area contributed by atoms with Crippen molar-refractivity contribution < 1.29 is 28.8 Å². The van der Waals surface area contributed by atoms with Gasteiger partial charge in [0.05, 0.1) is 25.9 Å². The minimum Gasteiger partial charge on any atom is -0.507 e. The summed E-state index contributed by atoms with van der Waals surface area (Å²) in [4.78, 5) is 12.6. The summed E-state index contributed by atoms with van der Waals surface area (Å²) in [5.74, 6) is -1.08. The average molecular weight is 445 g/mol. The van der Waals surface area contributed by atoms with Gasteiger partial charge in [0.15, 0.2) is 0 Å². The number of rotatable bonds is 5. The number of phenolic OH excluding ortho intramolecular Hbond substituents is 1. The smallest absolute Gasteiger partial charge is 0.345 e. The molecule has 1 saturated heterocycles. The van der Waals surface area contributed by atoms with Crippen LogP contribution in [0.25, 0.3) is 0 Å². The Hall–Kier alpha value is -1.79. The summed E-state index contributed by atoms with van der Waals surface area (Å²) in [6.45, 7) is 2.89. The molecule has 3 atom stereocenters. The second kappa shape index (κ2) is 8.53. The van der Waals surface area contributed by atoms with Crippen LogP contribution in [0.2, 0.25) is 0 Å². The molecule has 0 radical (unpaired) electrons. The predicted molar refractivity (Wildman–Crippen MR) is 119 cm³/mol. The molecule has 6 heteroatoms. The average Bonchev–Trinajstić information content (AvgIpc) is 3.10. The standard InChI is InChI=1S/C26H36O6/c1-3-4-6-9-18-12-17-13-19(27)22(24(28)29-2)23-21(17)20(31-18)14-26(32-23)15-25(16-30-26)10-7-5-8-11-25/h13,18,20,27H,3-12,14-16H2,1-2H3. The number of benzene rings is 1. The maximum atomic E-state index is 12.6. The molecule has 5 rings (SSSR count). The zero-order chi connectivity index (χ0) is 22.3. The number of hydrogen-bond acceptors (Lipinski definition) is 6. The number of unbranched alkanes of at least 4 members (excludes halogenated alkanes) is 2. The van der Waals surface area contributed by atoms with Crippen LogP contribution in [-0.4, -0.2) is 36.7 Å². The van der Waals surface area contributed by atoms with Gasteiger partial charge < -0.3 is 24.1 Å². The van der Waals surface area contributed by atoms with E-state index < -0.39 is 11.8 Å². The monoisotopic (exact) mass is 444 g/mol. The van der Waals surface area contributed by atoms with Crippen LogP contribution < -0.4 is 4.74 Å². The van der Waals surface area contributed by atoms with Crippen molar-refractivity contribution in [2.75, 3.05) is 13.7 Å². The lowest BCUT2D eigenvalue weighted by molar-refractivity contribution is -0.197. The SMILES string of the molecule is CCCCCC1Cc2cc(O)c(C(=O)OC)c3c2C(CC2(CC4(CCCCC4)CO2)O3)O1. The second-order valence-electron chi connectivity index (χ2n) is 10.4. The van der Waals surface area contributed by atoms with Crippen LogP contribution in [0.3, 0.4) is 0 Å². The van der Waals surface area contributed by atoms with E-state index in [2.05, 4.69) is 6.92 Å². The molecule has 1 aliphatic carbocycles. The molecular formula is C26H36O6. The van der Waals surface area contributed by atoms with Crippen molar-refractivity contribution in [2.45, 2.75) is 102 Å². The van der Waals surface area contributed by atoms with Crippen LogP contribution in [0.4, 0.5) is 0 Å². The third-order valence-corrected chi connectivity index (χ3v) is 8.01. The fraction of sp³-hybridized carbons (Fsp3) is 0.731. The number of carbonyl (C=O) groups excluding carboxylic acids is 1. The summed E-state index contributed by atoms with van der Waals surface area (Å²) in [6, 6.07) is 1.72. The number of methoxy groups -OCH3 is 1. The highest BCUT2D eigenvalue weighted by atomic mass is 16.7. The van der Waals surface area contributed by atoms with Gasteiger partial charge in [0.1, 0.15) is 17.1 Å². The lowest BCUT2D eigenvalue weighted by Crippen LogP contribution is -2.45. The maximum Gasteiger partial charge on any atom is 0.345 e. The van der Waals surface area contributed by atoms with E-state index in [0.29, 0.717) is 18.8 Å². The van der Waals surface area contributed by atoms with Gasteiger partial charge in [-0.2, -0.15) is 0 Å². The number of carbonyl (C=O) groups is 1.